The van der Waals surface area contributed by atoms with Crippen LogP contribution in [0.4, 0.5) is 4.79 Å². The summed E-state index contributed by atoms with van der Waals surface area (Å²) in [6.07, 6.45) is 33.1. The van der Waals surface area contributed by atoms with Gasteiger partial charge in [0, 0.05) is 13.0 Å². The van der Waals surface area contributed by atoms with Gasteiger partial charge in [0.2, 0.25) is 17.7 Å². The zero-order valence-electron chi connectivity index (χ0n) is 41.3. The topological polar surface area (TPSA) is 187 Å². The number of carbonyl (C=O) groups excluding carboxylic acids is 4. The third-order valence-electron chi connectivity index (χ3n) is 12.0. The molecule has 1 fully saturated rings. The second kappa shape index (κ2) is 38.4. The van der Waals surface area contributed by atoms with Crippen molar-refractivity contribution < 1.29 is 44.0 Å². The maximum absolute atomic E-state index is 14.0. The summed E-state index contributed by atoms with van der Waals surface area (Å²) in [4.78, 5) is 53.1. The highest BCUT2D eigenvalue weighted by atomic mass is 16.6. The van der Waals surface area contributed by atoms with E-state index >= 15 is 0 Å². The smallest absolute Gasteiger partial charge is 0.408 e. The Labute approximate surface area is 389 Å². The summed E-state index contributed by atoms with van der Waals surface area (Å²) in [7, 11) is 0. The van der Waals surface area contributed by atoms with E-state index in [4.69, 9.17) is 9.47 Å². The first-order chi connectivity index (χ1) is 30.8. The highest BCUT2D eigenvalue weighted by Crippen LogP contribution is 2.26. The van der Waals surface area contributed by atoms with Crippen LogP contribution >= 0.6 is 0 Å². The van der Waals surface area contributed by atoms with E-state index in [9.17, 15) is 34.5 Å². The third-order valence-corrected chi connectivity index (χ3v) is 12.0. The van der Waals surface area contributed by atoms with Crippen molar-refractivity contribution in [2.75, 3.05) is 26.2 Å². The molecule has 0 spiro atoms. The Morgan fingerprint density at radius 2 is 1.03 bits per heavy atom. The monoisotopic (exact) mass is 909 g/mol. The van der Waals surface area contributed by atoms with Gasteiger partial charge in [0.05, 0.1) is 13.2 Å². The molecule has 6 N–H and O–H groups in total. The number of nitrogens with one attached hydrogen (secondary N) is 3. The Balaban J connectivity index is 2.77. The maximum Gasteiger partial charge on any atom is 0.408 e. The first-order valence-corrected chi connectivity index (χ1v) is 25.9. The molecule has 1 saturated heterocycles. The van der Waals surface area contributed by atoms with E-state index in [1.165, 1.54) is 116 Å². The van der Waals surface area contributed by atoms with E-state index in [0.29, 0.717) is 19.4 Å². The molecule has 0 aromatic rings. The lowest BCUT2D eigenvalue weighted by molar-refractivity contribution is -0.231. The van der Waals surface area contributed by atoms with Crippen molar-refractivity contribution in [2.45, 2.75) is 263 Å². The fourth-order valence-corrected chi connectivity index (χ4v) is 8.18. The molecule has 1 rings (SSSR count). The normalized spacial score (nSPS) is 18.8. The molecule has 1 aliphatic rings. The van der Waals surface area contributed by atoms with Crippen LogP contribution in [-0.4, -0.2) is 106 Å². The van der Waals surface area contributed by atoms with Crippen LogP contribution in [-0.2, 0) is 23.9 Å². The molecule has 0 bridgehead atoms. The number of rotatable bonds is 39. The summed E-state index contributed by atoms with van der Waals surface area (Å²) >= 11 is 0. The Morgan fingerprint density at radius 3 is 1.50 bits per heavy atom. The summed E-state index contributed by atoms with van der Waals surface area (Å²) in [6.45, 7) is 8.41. The molecule has 0 aromatic heterocycles. The number of hydrogen-bond donors (Lipinski definition) is 6. The molecule has 13 heteroatoms. The Kier molecular flexibility index (Phi) is 35.5. The molecule has 0 saturated carbocycles. The molecule has 1 aliphatic heterocycles. The summed E-state index contributed by atoms with van der Waals surface area (Å²) in [5, 5.41) is 39.7. The number of allylic oxidation sites excluding steroid dienone is 2. The molecule has 0 radical (unpaired) electrons. The van der Waals surface area contributed by atoms with Crippen molar-refractivity contribution in [2.24, 2.45) is 0 Å². The summed E-state index contributed by atoms with van der Waals surface area (Å²) in [5.74, 6) is -1.51. The Hall–Kier alpha value is -2.74. The quantitative estimate of drug-likeness (QED) is 0.0258. The zero-order valence-corrected chi connectivity index (χ0v) is 41.3. The van der Waals surface area contributed by atoms with Crippen LogP contribution in [0.25, 0.3) is 0 Å². The lowest BCUT2D eigenvalue weighted by Gasteiger charge is -2.47. The molecule has 1 heterocycles. The highest BCUT2D eigenvalue weighted by molar-refractivity contribution is 5.87. The molecule has 13 nitrogen and oxygen atoms in total. The lowest BCUT2D eigenvalue weighted by atomic mass is 9.94. The van der Waals surface area contributed by atoms with Gasteiger partial charge < -0.3 is 45.6 Å². The molecule has 5 atom stereocenters. The molecule has 0 aromatic carbocycles. The third kappa shape index (κ3) is 30.5. The molecule has 4 amide bonds. The molecule has 374 valence electrons. The second-order valence-corrected chi connectivity index (χ2v) is 19.2. The van der Waals surface area contributed by atoms with Gasteiger partial charge in [0.1, 0.15) is 36.5 Å². The van der Waals surface area contributed by atoms with Gasteiger partial charge in [-0.05, 0) is 59.3 Å². The van der Waals surface area contributed by atoms with E-state index in [2.05, 4.69) is 41.9 Å². The van der Waals surface area contributed by atoms with Crippen LogP contribution in [0.5, 0.6) is 0 Å². The average molecular weight is 909 g/mol. The van der Waals surface area contributed by atoms with Crippen molar-refractivity contribution in [3.05, 3.63) is 12.2 Å². The standard InChI is InChI=1S/C51H96N4O9/c1-6-8-10-12-14-16-18-20-22-24-26-28-30-32-34-36-38-55(45(59)37-35-33-31-29-27-25-23-21-19-17-15-13-11-9-7-2)49-46(48(61)47(60)42(41-56)63-49)54-44(58)40-52-43(57)39-53-50(62)64-51(3,4)5/h21,23,42,46-49,56,60-61H,6-20,22,24-41H2,1-5H3,(H,52,57)(H,53,62)(H,54,58)/b23-21-/t42-,46-,47-,48-,49-/m1/s1. The number of hydrogen-bond acceptors (Lipinski definition) is 9. The van der Waals surface area contributed by atoms with Crippen molar-refractivity contribution in [1.82, 2.24) is 20.9 Å². The fourth-order valence-electron chi connectivity index (χ4n) is 8.18. The van der Waals surface area contributed by atoms with Gasteiger partial charge in [-0.3, -0.25) is 14.4 Å². The van der Waals surface area contributed by atoms with Crippen LogP contribution in [0.1, 0.15) is 227 Å². The highest BCUT2D eigenvalue weighted by Gasteiger charge is 2.48. The molecule has 64 heavy (non-hydrogen) atoms. The number of unbranched alkanes of at least 4 members (excludes halogenated alkanes) is 26. The first-order valence-electron chi connectivity index (χ1n) is 25.9. The van der Waals surface area contributed by atoms with Crippen molar-refractivity contribution in [1.29, 1.82) is 0 Å². The van der Waals surface area contributed by atoms with Crippen LogP contribution < -0.4 is 16.0 Å². The number of alkyl carbamates (subject to hydrolysis) is 1. The Morgan fingerprint density at radius 1 is 0.594 bits per heavy atom. The van der Waals surface area contributed by atoms with Gasteiger partial charge in [-0.1, -0.05) is 174 Å². The van der Waals surface area contributed by atoms with E-state index in [1.807, 2.05) is 0 Å². The van der Waals surface area contributed by atoms with E-state index in [1.54, 1.807) is 25.7 Å². The van der Waals surface area contributed by atoms with Crippen molar-refractivity contribution in [3.63, 3.8) is 0 Å². The van der Waals surface area contributed by atoms with Crippen LogP contribution in [0.2, 0.25) is 0 Å². The fraction of sp³-hybridized carbons (Fsp3) is 0.882. The van der Waals surface area contributed by atoms with Crippen LogP contribution in [0.15, 0.2) is 12.2 Å². The lowest BCUT2D eigenvalue weighted by Crippen LogP contribution is -2.69. The summed E-state index contributed by atoms with van der Waals surface area (Å²) < 4.78 is 11.3. The van der Waals surface area contributed by atoms with Gasteiger partial charge in [0.15, 0.2) is 6.23 Å². The number of aliphatic hydroxyl groups is 3. The van der Waals surface area contributed by atoms with Crippen molar-refractivity contribution in [3.8, 4) is 0 Å². The minimum absolute atomic E-state index is 0.176. The minimum atomic E-state index is -1.56. The molecular formula is C51H96N4O9. The van der Waals surface area contributed by atoms with Crippen molar-refractivity contribution >= 4 is 23.8 Å². The predicted octanol–water partition coefficient (Wildman–Crippen LogP) is 9.68. The second-order valence-electron chi connectivity index (χ2n) is 19.2. The van der Waals surface area contributed by atoms with E-state index in [0.717, 1.165) is 57.8 Å². The summed E-state index contributed by atoms with van der Waals surface area (Å²) in [5.41, 5.74) is -0.745. The van der Waals surface area contributed by atoms with Crippen LogP contribution in [0, 0.1) is 0 Å². The Bertz CT molecular complexity index is 1230. The first kappa shape index (κ1) is 59.3. The molecule has 0 aliphatic carbocycles. The van der Waals surface area contributed by atoms with Crippen LogP contribution in [0.3, 0.4) is 0 Å². The number of carbonyl (C=O) groups is 4. The zero-order chi connectivity index (χ0) is 47.3. The molecule has 0 unspecified atom stereocenters. The number of nitrogens with zero attached hydrogens (tertiary/aromatic N) is 1. The SMILES string of the molecule is CCCCCCCC/C=C\CCCCCCCC(=O)N(CCCCCCCCCCCCCCCCCC)[C@@H]1O[C@H](CO)[C@@H](O)[C@H](O)[C@H]1NC(=O)CNC(=O)CNC(=O)OC(C)(C)C. The van der Waals surface area contributed by atoms with E-state index in [-0.39, 0.29) is 12.3 Å². The van der Waals surface area contributed by atoms with Gasteiger partial charge in [0.25, 0.3) is 0 Å². The van der Waals surface area contributed by atoms with Gasteiger partial charge >= 0.3 is 6.09 Å². The van der Waals surface area contributed by atoms with E-state index < -0.39 is 73.8 Å². The summed E-state index contributed by atoms with van der Waals surface area (Å²) in [6, 6.07) is -1.23. The number of aliphatic hydroxyl groups excluding tert-OH is 3. The minimum Gasteiger partial charge on any atom is -0.444 e. The van der Waals surface area contributed by atoms with Gasteiger partial charge in [-0.15, -0.1) is 0 Å². The van der Waals surface area contributed by atoms with Gasteiger partial charge in [-0.2, -0.15) is 0 Å². The maximum atomic E-state index is 14.0. The number of ether oxygens (including phenoxy) is 2. The largest absolute Gasteiger partial charge is 0.444 e. The predicted molar refractivity (Wildman–Crippen MR) is 258 cm³/mol. The molecular weight excluding hydrogens is 813 g/mol. The number of amides is 4. The van der Waals surface area contributed by atoms with Gasteiger partial charge in [-0.25, -0.2) is 4.79 Å². The average Bonchev–Trinajstić information content (AvgIpc) is 3.26.